The minimum absolute atomic E-state index is 0.00749. The average Bonchev–Trinajstić information content (AvgIpc) is 3.03. The highest BCUT2D eigenvalue weighted by molar-refractivity contribution is 6.32. The van der Waals surface area contributed by atoms with Crippen LogP contribution in [0.1, 0.15) is 0 Å². The number of carbonyl (C=O) groups excluding carboxylic acids is 3. The van der Waals surface area contributed by atoms with E-state index >= 15 is 0 Å². The van der Waals surface area contributed by atoms with E-state index in [-0.39, 0.29) is 28.9 Å². The van der Waals surface area contributed by atoms with Crippen LogP contribution in [0.3, 0.4) is 0 Å². The number of aromatic nitrogens is 1. The van der Waals surface area contributed by atoms with Crippen molar-refractivity contribution in [3.63, 3.8) is 0 Å². The van der Waals surface area contributed by atoms with Gasteiger partial charge in [0.15, 0.2) is 23.9 Å². The van der Waals surface area contributed by atoms with Crippen LogP contribution < -0.4 is 10.6 Å². The van der Waals surface area contributed by atoms with E-state index in [4.69, 9.17) is 21.1 Å². The van der Waals surface area contributed by atoms with Crippen molar-refractivity contribution in [3.8, 4) is 0 Å². The fourth-order valence-electron chi connectivity index (χ4n) is 2.24. The molecular weight excluding hydrogens is 374 g/mol. The summed E-state index contributed by atoms with van der Waals surface area (Å²) >= 11 is 5.84. The van der Waals surface area contributed by atoms with E-state index in [9.17, 15) is 14.4 Å². The molecule has 1 aliphatic rings. The van der Waals surface area contributed by atoms with Gasteiger partial charge >= 0.3 is 5.97 Å². The van der Waals surface area contributed by atoms with Crippen molar-refractivity contribution in [2.75, 3.05) is 23.8 Å². The second-order valence-corrected chi connectivity index (χ2v) is 5.73. The molecule has 0 saturated carbocycles. The maximum atomic E-state index is 12.2. The monoisotopic (exact) mass is 387 g/mol. The molecule has 0 spiro atoms. The summed E-state index contributed by atoms with van der Waals surface area (Å²) in [7, 11) is 0. The third-order valence-corrected chi connectivity index (χ3v) is 3.76. The number of rotatable bonds is 6. The minimum Gasteiger partial charge on any atom is -0.470 e. The van der Waals surface area contributed by atoms with Crippen LogP contribution >= 0.6 is 11.6 Å². The molecule has 1 aromatic heterocycles. The van der Waals surface area contributed by atoms with Crippen molar-refractivity contribution < 1.29 is 23.9 Å². The van der Waals surface area contributed by atoms with E-state index in [1.165, 1.54) is 6.20 Å². The van der Waals surface area contributed by atoms with E-state index in [0.29, 0.717) is 5.69 Å². The number of hydrogen-bond donors (Lipinski definition) is 2. The average molecular weight is 388 g/mol. The molecular formula is C18H14ClN3O5. The van der Waals surface area contributed by atoms with Gasteiger partial charge in [0.1, 0.15) is 0 Å². The first kappa shape index (κ1) is 18.4. The lowest BCUT2D eigenvalue weighted by molar-refractivity contribution is -0.144. The van der Waals surface area contributed by atoms with Crippen LogP contribution in [0, 0.1) is 0 Å². The third-order valence-electron chi connectivity index (χ3n) is 3.46. The normalized spacial score (nSPS) is 13.1. The molecule has 1 aliphatic heterocycles. The number of Topliss-reactive ketones (excluding diaryl/α,β-unsaturated/α-hetero) is 1. The Labute approximate surface area is 159 Å². The van der Waals surface area contributed by atoms with E-state index < -0.39 is 24.3 Å². The molecule has 0 aliphatic carbocycles. The molecule has 2 heterocycles. The van der Waals surface area contributed by atoms with Crippen LogP contribution in [0.25, 0.3) is 0 Å². The number of benzene rings is 1. The molecule has 2 N–H and O–H groups in total. The Morgan fingerprint density at radius 1 is 1.19 bits per heavy atom. The highest BCUT2D eigenvalue weighted by atomic mass is 35.5. The zero-order valence-corrected chi connectivity index (χ0v) is 14.7. The Morgan fingerprint density at radius 3 is 2.70 bits per heavy atom. The lowest BCUT2D eigenvalue weighted by Crippen LogP contribution is -2.24. The Morgan fingerprint density at radius 2 is 1.96 bits per heavy atom. The summed E-state index contributed by atoms with van der Waals surface area (Å²) in [5, 5.41) is 5.41. The molecule has 2 aromatic rings. The number of anilines is 2. The van der Waals surface area contributed by atoms with Gasteiger partial charge in [-0.25, -0.2) is 9.78 Å². The quantitative estimate of drug-likeness (QED) is 0.444. The van der Waals surface area contributed by atoms with E-state index in [2.05, 4.69) is 15.6 Å². The number of halogens is 1. The lowest BCUT2D eigenvalue weighted by atomic mass is 10.2. The Kier molecular flexibility index (Phi) is 5.68. The van der Waals surface area contributed by atoms with Crippen LogP contribution in [0.15, 0.2) is 60.1 Å². The number of ether oxygens (including phenoxy) is 2. The molecule has 138 valence electrons. The lowest BCUT2D eigenvalue weighted by Gasteiger charge is -2.09. The van der Waals surface area contributed by atoms with Crippen molar-refractivity contribution >= 4 is 40.6 Å². The topological polar surface area (TPSA) is 107 Å². The predicted molar refractivity (Wildman–Crippen MR) is 96.9 cm³/mol. The van der Waals surface area contributed by atoms with Crippen LogP contribution in [-0.2, 0) is 23.9 Å². The molecule has 0 bridgehead atoms. The van der Waals surface area contributed by atoms with Crippen molar-refractivity contribution in [3.05, 3.63) is 65.3 Å². The molecule has 9 heteroatoms. The maximum absolute atomic E-state index is 12.2. The van der Waals surface area contributed by atoms with Gasteiger partial charge in [-0.3, -0.25) is 9.59 Å². The summed E-state index contributed by atoms with van der Waals surface area (Å²) in [6, 6.07) is 12.0. The largest absolute Gasteiger partial charge is 0.470 e. The van der Waals surface area contributed by atoms with Crippen LogP contribution in [0.5, 0.6) is 0 Å². The van der Waals surface area contributed by atoms with Gasteiger partial charge in [-0.2, -0.15) is 0 Å². The minimum atomic E-state index is -0.955. The molecule has 1 amide bonds. The summed E-state index contributed by atoms with van der Waals surface area (Å²) in [5.74, 6) is -2.12. The first-order valence-corrected chi connectivity index (χ1v) is 8.22. The smallest absolute Gasteiger partial charge is 0.347 e. The number of pyridine rings is 1. The van der Waals surface area contributed by atoms with Gasteiger partial charge in [-0.05, 0) is 24.3 Å². The van der Waals surface area contributed by atoms with Gasteiger partial charge in [0.05, 0.1) is 5.69 Å². The van der Waals surface area contributed by atoms with Crippen molar-refractivity contribution in [2.45, 2.75) is 0 Å². The number of hydrogen-bond acceptors (Lipinski definition) is 7. The number of ketones is 1. The Hall–Kier alpha value is -3.39. The first-order chi connectivity index (χ1) is 13.0. The highest BCUT2D eigenvalue weighted by Crippen LogP contribution is 2.21. The molecule has 0 fully saturated rings. The van der Waals surface area contributed by atoms with E-state index in [1.54, 1.807) is 36.4 Å². The van der Waals surface area contributed by atoms with Crippen molar-refractivity contribution in [1.82, 2.24) is 4.98 Å². The van der Waals surface area contributed by atoms with Gasteiger partial charge in [-0.1, -0.05) is 29.8 Å². The number of amides is 1. The molecule has 3 rings (SSSR count). The molecule has 0 radical (unpaired) electrons. The molecule has 8 nitrogen and oxygen atoms in total. The second-order valence-electron chi connectivity index (χ2n) is 5.37. The first-order valence-electron chi connectivity index (χ1n) is 7.84. The van der Waals surface area contributed by atoms with Crippen LogP contribution in [-0.4, -0.2) is 35.9 Å². The SMILES string of the molecule is O=C(COC(=O)C1=C(Nc2ccccc2)OCC1=O)Nc1cccnc1Cl. The fourth-order valence-corrected chi connectivity index (χ4v) is 2.40. The van der Waals surface area contributed by atoms with Crippen LogP contribution in [0.2, 0.25) is 5.15 Å². The molecule has 1 aromatic carbocycles. The maximum Gasteiger partial charge on any atom is 0.347 e. The van der Waals surface area contributed by atoms with Gasteiger partial charge < -0.3 is 20.1 Å². The fraction of sp³-hybridized carbons (Fsp3) is 0.111. The predicted octanol–water partition coefficient (Wildman–Crippen LogP) is 2.14. The molecule has 0 unspecified atom stereocenters. The molecule has 0 atom stereocenters. The van der Waals surface area contributed by atoms with Crippen molar-refractivity contribution in [2.24, 2.45) is 0 Å². The summed E-state index contributed by atoms with van der Waals surface area (Å²) in [6.07, 6.45) is 1.47. The third kappa shape index (κ3) is 4.62. The number of nitrogens with one attached hydrogen (secondary N) is 2. The standard InChI is InChI=1S/C18H14ClN3O5/c19-16-12(7-4-8-20-16)22-14(24)10-27-18(25)15-13(23)9-26-17(15)21-11-5-2-1-3-6-11/h1-8,21H,9-10H2,(H,22,24). The van der Waals surface area contributed by atoms with E-state index in [0.717, 1.165) is 0 Å². The van der Waals surface area contributed by atoms with Gasteiger partial charge in [0.2, 0.25) is 11.7 Å². The highest BCUT2D eigenvalue weighted by Gasteiger charge is 2.32. The van der Waals surface area contributed by atoms with Gasteiger partial charge in [0, 0.05) is 11.9 Å². The Bertz CT molecular complexity index is 914. The van der Waals surface area contributed by atoms with Crippen LogP contribution in [0.4, 0.5) is 11.4 Å². The summed E-state index contributed by atoms with van der Waals surface area (Å²) < 4.78 is 10.1. The number of esters is 1. The molecule has 0 saturated heterocycles. The van der Waals surface area contributed by atoms with Gasteiger partial charge in [0.25, 0.3) is 5.91 Å². The Balaban J connectivity index is 1.63. The number of carbonyl (C=O) groups is 3. The number of para-hydroxylation sites is 1. The zero-order valence-electron chi connectivity index (χ0n) is 13.9. The van der Waals surface area contributed by atoms with Crippen molar-refractivity contribution in [1.29, 1.82) is 0 Å². The summed E-state index contributed by atoms with van der Waals surface area (Å²) in [5.41, 5.74) is 0.647. The summed E-state index contributed by atoms with van der Waals surface area (Å²) in [4.78, 5) is 39.9. The van der Waals surface area contributed by atoms with Gasteiger partial charge in [-0.15, -0.1) is 0 Å². The van der Waals surface area contributed by atoms with E-state index in [1.807, 2.05) is 6.07 Å². The summed E-state index contributed by atoms with van der Waals surface area (Å²) in [6.45, 7) is -0.878. The number of nitrogens with zero attached hydrogens (tertiary/aromatic N) is 1. The second kappa shape index (κ2) is 8.33. The zero-order chi connectivity index (χ0) is 19.2. The molecule has 27 heavy (non-hydrogen) atoms.